The van der Waals surface area contributed by atoms with Crippen LogP contribution >= 0.6 is 11.6 Å². The molecule has 1 amide bonds. The van der Waals surface area contributed by atoms with Crippen LogP contribution in [0.4, 0.5) is 0 Å². The number of amides is 1. The summed E-state index contributed by atoms with van der Waals surface area (Å²) in [6.45, 7) is 5.56. The van der Waals surface area contributed by atoms with Crippen LogP contribution in [0.25, 0.3) is 0 Å². The third-order valence-corrected chi connectivity index (χ3v) is 3.76. The molecule has 2 unspecified atom stereocenters. The predicted molar refractivity (Wildman–Crippen MR) is 65.5 cm³/mol. The Hall–Kier alpha value is -0.280. The standard InChI is InChI=1S/C12H22ClNO2/c1-9(2)10-3-4-12(16)14(6-5-10)8-11(15)7-13/h9-11,15H,3-8H2,1-2H3. The zero-order valence-corrected chi connectivity index (χ0v) is 10.9. The molecular weight excluding hydrogens is 226 g/mol. The number of aliphatic hydroxyl groups excluding tert-OH is 1. The molecule has 1 saturated heterocycles. The number of alkyl halides is 1. The number of nitrogens with zero attached hydrogens (tertiary/aromatic N) is 1. The molecule has 1 fully saturated rings. The first-order chi connectivity index (χ1) is 7.54. The van der Waals surface area contributed by atoms with E-state index in [4.69, 9.17) is 11.6 Å². The number of carbonyl (C=O) groups is 1. The number of rotatable bonds is 4. The van der Waals surface area contributed by atoms with E-state index in [9.17, 15) is 9.90 Å². The van der Waals surface area contributed by atoms with Crippen molar-refractivity contribution in [2.75, 3.05) is 19.0 Å². The molecule has 94 valence electrons. The van der Waals surface area contributed by atoms with E-state index in [1.165, 1.54) is 0 Å². The number of aliphatic hydroxyl groups is 1. The van der Waals surface area contributed by atoms with Crippen molar-refractivity contribution in [3.63, 3.8) is 0 Å². The second-order valence-electron chi connectivity index (χ2n) is 4.98. The van der Waals surface area contributed by atoms with E-state index >= 15 is 0 Å². The number of β-amino-alcohol motifs (C(OH)–C–C–N with tert-alkyl or cyclic N) is 1. The third kappa shape index (κ3) is 3.95. The second-order valence-corrected chi connectivity index (χ2v) is 5.29. The average molecular weight is 248 g/mol. The first-order valence-corrected chi connectivity index (χ1v) is 6.59. The molecule has 0 bridgehead atoms. The summed E-state index contributed by atoms with van der Waals surface area (Å²) in [4.78, 5) is 13.6. The van der Waals surface area contributed by atoms with Gasteiger partial charge in [0.2, 0.25) is 5.91 Å². The minimum absolute atomic E-state index is 0.160. The monoisotopic (exact) mass is 247 g/mol. The smallest absolute Gasteiger partial charge is 0.222 e. The molecule has 1 N–H and O–H groups in total. The van der Waals surface area contributed by atoms with Crippen LogP contribution in [0.1, 0.15) is 33.1 Å². The van der Waals surface area contributed by atoms with Crippen LogP contribution in [0.5, 0.6) is 0 Å². The highest BCUT2D eigenvalue weighted by Gasteiger charge is 2.25. The van der Waals surface area contributed by atoms with Gasteiger partial charge in [0, 0.05) is 19.5 Å². The van der Waals surface area contributed by atoms with Crippen molar-refractivity contribution in [1.82, 2.24) is 4.90 Å². The number of hydrogen-bond acceptors (Lipinski definition) is 2. The van der Waals surface area contributed by atoms with Crippen LogP contribution in [-0.4, -0.2) is 41.0 Å². The first-order valence-electron chi connectivity index (χ1n) is 6.06. The average Bonchev–Trinajstić information content (AvgIpc) is 2.42. The molecule has 3 nitrogen and oxygen atoms in total. The Balaban J connectivity index is 2.50. The van der Waals surface area contributed by atoms with Gasteiger partial charge in [-0.25, -0.2) is 0 Å². The molecule has 2 atom stereocenters. The summed E-state index contributed by atoms with van der Waals surface area (Å²) in [5.74, 6) is 1.61. The summed E-state index contributed by atoms with van der Waals surface area (Å²) in [6, 6.07) is 0. The minimum atomic E-state index is -0.596. The third-order valence-electron chi connectivity index (χ3n) is 3.40. The Morgan fingerprint density at radius 3 is 2.75 bits per heavy atom. The van der Waals surface area contributed by atoms with Gasteiger partial charge in [-0.05, 0) is 24.7 Å². The van der Waals surface area contributed by atoms with Gasteiger partial charge in [-0.3, -0.25) is 4.79 Å². The fraction of sp³-hybridized carbons (Fsp3) is 0.917. The van der Waals surface area contributed by atoms with Gasteiger partial charge in [-0.15, -0.1) is 11.6 Å². The molecule has 0 radical (unpaired) electrons. The molecule has 0 saturated carbocycles. The van der Waals surface area contributed by atoms with Crippen molar-refractivity contribution in [1.29, 1.82) is 0 Å². The van der Waals surface area contributed by atoms with Gasteiger partial charge < -0.3 is 10.0 Å². The van der Waals surface area contributed by atoms with Crippen molar-refractivity contribution in [3.05, 3.63) is 0 Å². The summed E-state index contributed by atoms with van der Waals surface area (Å²) >= 11 is 5.55. The highest BCUT2D eigenvalue weighted by atomic mass is 35.5. The van der Waals surface area contributed by atoms with Crippen LogP contribution in [0.3, 0.4) is 0 Å². The van der Waals surface area contributed by atoms with E-state index in [1.54, 1.807) is 4.90 Å². The van der Waals surface area contributed by atoms with Gasteiger partial charge in [0.05, 0.1) is 12.0 Å². The van der Waals surface area contributed by atoms with Gasteiger partial charge in [-0.1, -0.05) is 13.8 Å². The predicted octanol–water partition coefficient (Wildman–Crippen LogP) is 1.87. The summed E-state index contributed by atoms with van der Waals surface area (Å²) in [7, 11) is 0. The molecule has 0 spiro atoms. The lowest BCUT2D eigenvalue weighted by atomic mass is 9.89. The largest absolute Gasteiger partial charge is 0.390 e. The zero-order valence-electron chi connectivity index (χ0n) is 10.2. The number of halogens is 1. The van der Waals surface area contributed by atoms with Crippen LogP contribution < -0.4 is 0 Å². The lowest BCUT2D eigenvalue weighted by Crippen LogP contribution is -2.37. The molecule has 1 heterocycles. The summed E-state index contributed by atoms with van der Waals surface area (Å²) < 4.78 is 0. The molecule has 0 aliphatic carbocycles. The lowest BCUT2D eigenvalue weighted by molar-refractivity contribution is -0.131. The number of likely N-dealkylation sites (tertiary alicyclic amines) is 1. The molecule has 1 aliphatic rings. The Bertz CT molecular complexity index is 233. The maximum Gasteiger partial charge on any atom is 0.222 e. The Labute approximate surface area is 103 Å². The molecular formula is C12H22ClNO2. The van der Waals surface area contributed by atoms with Crippen molar-refractivity contribution >= 4 is 17.5 Å². The van der Waals surface area contributed by atoms with Crippen LogP contribution in [0.2, 0.25) is 0 Å². The molecule has 0 aromatic carbocycles. The van der Waals surface area contributed by atoms with Gasteiger partial charge in [-0.2, -0.15) is 0 Å². The van der Waals surface area contributed by atoms with Crippen molar-refractivity contribution in [3.8, 4) is 0 Å². The quantitative estimate of drug-likeness (QED) is 0.771. The number of carbonyl (C=O) groups excluding carboxylic acids is 1. The lowest BCUT2D eigenvalue weighted by Gasteiger charge is -2.23. The van der Waals surface area contributed by atoms with Crippen LogP contribution in [0, 0.1) is 11.8 Å². The molecule has 1 rings (SSSR count). The Morgan fingerprint density at radius 1 is 1.50 bits per heavy atom. The van der Waals surface area contributed by atoms with Crippen LogP contribution in [-0.2, 0) is 4.79 Å². The van der Waals surface area contributed by atoms with E-state index in [2.05, 4.69) is 13.8 Å². The SMILES string of the molecule is CC(C)C1CCC(=O)N(CC(O)CCl)CC1. The van der Waals surface area contributed by atoms with E-state index < -0.39 is 6.10 Å². The topological polar surface area (TPSA) is 40.5 Å². The van der Waals surface area contributed by atoms with E-state index in [-0.39, 0.29) is 11.8 Å². The normalized spacial score (nSPS) is 24.7. The second kappa shape index (κ2) is 6.45. The molecule has 16 heavy (non-hydrogen) atoms. The van der Waals surface area contributed by atoms with Gasteiger partial charge in [0.1, 0.15) is 0 Å². The molecule has 4 heteroatoms. The fourth-order valence-corrected chi connectivity index (χ4v) is 2.32. The minimum Gasteiger partial charge on any atom is -0.390 e. The Morgan fingerprint density at radius 2 is 2.19 bits per heavy atom. The molecule has 1 aliphatic heterocycles. The number of hydrogen-bond donors (Lipinski definition) is 1. The summed E-state index contributed by atoms with van der Waals surface area (Å²) in [5.41, 5.74) is 0. The highest BCUT2D eigenvalue weighted by Crippen LogP contribution is 2.25. The maximum absolute atomic E-state index is 11.8. The summed E-state index contributed by atoms with van der Waals surface area (Å²) in [6.07, 6.45) is 2.03. The van der Waals surface area contributed by atoms with E-state index in [1.807, 2.05) is 0 Å². The Kier molecular flexibility index (Phi) is 5.56. The van der Waals surface area contributed by atoms with Crippen molar-refractivity contribution < 1.29 is 9.90 Å². The van der Waals surface area contributed by atoms with Gasteiger partial charge in [0.15, 0.2) is 0 Å². The zero-order chi connectivity index (χ0) is 12.1. The maximum atomic E-state index is 11.8. The van der Waals surface area contributed by atoms with E-state index in [0.717, 1.165) is 19.4 Å². The van der Waals surface area contributed by atoms with Crippen molar-refractivity contribution in [2.45, 2.75) is 39.2 Å². The highest BCUT2D eigenvalue weighted by molar-refractivity contribution is 6.18. The van der Waals surface area contributed by atoms with Gasteiger partial charge >= 0.3 is 0 Å². The van der Waals surface area contributed by atoms with Crippen molar-refractivity contribution in [2.24, 2.45) is 11.8 Å². The summed E-state index contributed by atoms with van der Waals surface area (Å²) in [5, 5.41) is 9.47. The van der Waals surface area contributed by atoms with Crippen LogP contribution in [0.15, 0.2) is 0 Å². The first kappa shape index (κ1) is 13.8. The fourth-order valence-electron chi connectivity index (χ4n) is 2.22. The molecule has 0 aromatic heterocycles. The van der Waals surface area contributed by atoms with E-state index in [0.29, 0.717) is 24.8 Å². The van der Waals surface area contributed by atoms with Gasteiger partial charge in [0.25, 0.3) is 0 Å². The molecule has 0 aromatic rings.